The van der Waals surface area contributed by atoms with Crippen LogP contribution in [0.15, 0.2) is 73.1 Å². The molecule has 1 aliphatic heterocycles. The van der Waals surface area contributed by atoms with Gasteiger partial charge >= 0.3 is 0 Å². The first-order valence-corrected chi connectivity index (χ1v) is 10.5. The molecule has 4 rings (SSSR count). The van der Waals surface area contributed by atoms with Crippen molar-refractivity contribution in [2.24, 2.45) is 0 Å². The Morgan fingerprint density at radius 1 is 0.818 bits per heavy atom. The van der Waals surface area contributed by atoms with E-state index in [1.807, 2.05) is 42.5 Å². The lowest BCUT2D eigenvalue weighted by Crippen LogP contribution is -2.30. The predicted molar refractivity (Wildman–Crippen MR) is 120 cm³/mol. The van der Waals surface area contributed by atoms with Crippen molar-refractivity contribution < 1.29 is 19.2 Å². The van der Waals surface area contributed by atoms with Crippen molar-refractivity contribution in [1.82, 2.24) is 20.5 Å². The molecule has 2 heterocycles. The van der Waals surface area contributed by atoms with Crippen molar-refractivity contribution in [3.63, 3.8) is 0 Å². The molecule has 0 atom stereocenters. The highest BCUT2D eigenvalue weighted by Gasteiger charge is 2.35. The SMILES string of the molecule is O=C(CCNC(=O)c1ccc2c(c1)C(=O)N(Cc1ccccc1)C2=O)NCc1ccncc1. The number of hydrogen-bond donors (Lipinski definition) is 2. The summed E-state index contributed by atoms with van der Waals surface area (Å²) in [5.41, 5.74) is 2.52. The molecule has 0 unspecified atom stereocenters. The Balaban J connectivity index is 1.32. The van der Waals surface area contributed by atoms with Crippen LogP contribution in [0, 0.1) is 0 Å². The molecule has 2 N–H and O–H groups in total. The van der Waals surface area contributed by atoms with Gasteiger partial charge in [0, 0.05) is 37.5 Å². The summed E-state index contributed by atoms with van der Waals surface area (Å²) in [5.74, 6) is -1.42. The zero-order valence-corrected chi connectivity index (χ0v) is 17.8. The molecule has 1 aromatic heterocycles. The van der Waals surface area contributed by atoms with Crippen LogP contribution in [0.1, 0.15) is 48.6 Å². The van der Waals surface area contributed by atoms with Gasteiger partial charge in [0.25, 0.3) is 17.7 Å². The first-order chi connectivity index (χ1) is 16.0. The van der Waals surface area contributed by atoms with E-state index in [4.69, 9.17) is 0 Å². The minimum absolute atomic E-state index is 0.115. The molecule has 8 heteroatoms. The smallest absolute Gasteiger partial charge is 0.261 e. The molecule has 4 amide bonds. The third-order valence-corrected chi connectivity index (χ3v) is 5.29. The summed E-state index contributed by atoms with van der Waals surface area (Å²) in [6.45, 7) is 0.699. The van der Waals surface area contributed by atoms with Crippen LogP contribution in [0.3, 0.4) is 0 Å². The molecular weight excluding hydrogens is 420 g/mol. The second-order valence-corrected chi connectivity index (χ2v) is 7.58. The Labute approximate surface area is 190 Å². The number of hydrogen-bond acceptors (Lipinski definition) is 5. The van der Waals surface area contributed by atoms with Gasteiger partial charge in [0.2, 0.25) is 5.91 Å². The Morgan fingerprint density at radius 3 is 2.30 bits per heavy atom. The second kappa shape index (κ2) is 9.86. The van der Waals surface area contributed by atoms with Crippen molar-refractivity contribution in [3.05, 3.63) is 101 Å². The molecule has 1 aliphatic rings. The number of nitrogens with one attached hydrogen (secondary N) is 2. The molecule has 0 aliphatic carbocycles. The van der Waals surface area contributed by atoms with Crippen molar-refractivity contribution in [1.29, 1.82) is 0 Å². The number of carbonyl (C=O) groups excluding carboxylic acids is 4. The van der Waals surface area contributed by atoms with Gasteiger partial charge in [0.05, 0.1) is 17.7 Å². The summed E-state index contributed by atoms with van der Waals surface area (Å²) in [6.07, 6.45) is 3.42. The molecule has 0 spiro atoms. The number of nitrogens with zero attached hydrogens (tertiary/aromatic N) is 2. The van der Waals surface area contributed by atoms with Gasteiger partial charge in [0.15, 0.2) is 0 Å². The van der Waals surface area contributed by atoms with Crippen molar-refractivity contribution in [2.75, 3.05) is 6.54 Å². The highest BCUT2D eigenvalue weighted by Crippen LogP contribution is 2.25. The fourth-order valence-corrected chi connectivity index (χ4v) is 3.52. The lowest BCUT2D eigenvalue weighted by atomic mass is 10.1. The van der Waals surface area contributed by atoms with Crippen LogP contribution >= 0.6 is 0 Å². The highest BCUT2D eigenvalue weighted by molar-refractivity contribution is 6.22. The Morgan fingerprint density at radius 2 is 1.55 bits per heavy atom. The highest BCUT2D eigenvalue weighted by atomic mass is 16.2. The van der Waals surface area contributed by atoms with E-state index in [2.05, 4.69) is 15.6 Å². The van der Waals surface area contributed by atoms with Crippen LogP contribution in [0.2, 0.25) is 0 Å². The number of carbonyl (C=O) groups is 4. The van der Waals surface area contributed by atoms with Crippen LogP contribution in [0.25, 0.3) is 0 Å². The summed E-state index contributed by atoms with van der Waals surface area (Å²) in [6, 6.07) is 17.3. The third-order valence-electron chi connectivity index (χ3n) is 5.29. The Bertz CT molecular complexity index is 1200. The number of rotatable bonds is 8. The van der Waals surface area contributed by atoms with Crippen LogP contribution in [-0.4, -0.2) is 40.1 Å². The van der Waals surface area contributed by atoms with E-state index >= 15 is 0 Å². The summed E-state index contributed by atoms with van der Waals surface area (Å²) >= 11 is 0. The summed E-state index contributed by atoms with van der Waals surface area (Å²) in [5, 5.41) is 5.45. The Kier molecular flexibility index (Phi) is 6.54. The minimum Gasteiger partial charge on any atom is -0.352 e. The maximum Gasteiger partial charge on any atom is 0.261 e. The molecule has 33 heavy (non-hydrogen) atoms. The van der Waals surface area contributed by atoms with Gasteiger partial charge < -0.3 is 10.6 Å². The molecule has 0 radical (unpaired) electrons. The van der Waals surface area contributed by atoms with Gasteiger partial charge in [-0.2, -0.15) is 0 Å². The van der Waals surface area contributed by atoms with Gasteiger partial charge in [-0.3, -0.25) is 29.1 Å². The van der Waals surface area contributed by atoms with E-state index < -0.39 is 11.8 Å². The van der Waals surface area contributed by atoms with Crippen LogP contribution in [-0.2, 0) is 17.9 Å². The topological polar surface area (TPSA) is 108 Å². The summed E-state index contributed by atoms with van der Waals surface area (Å²) < 4.78 is 0. The van der Waals surface area contributed by atoms with E-state index in [1.165, 1.54) is 23.1 Å². The monoisotopic (exact) mass is 442 g/mol. The van der Waals surface area contributed by atoms with Crippen molar-refractivity contribution in [2.45, 2.75) is 19.5 Å². The van der Waals surface area contributed by atoms with E-state index in [1.54, 1.807) is 12.4 Å². The maximum absolute atomic E-state index is 12.8. The number of aromatic nitrogens is 1. The standard InChI is InChI=1S/C25H22N4O4/c30-22(28-15-17-8-11-26-12-9-17)10-13-27-23(31)19-6-7-20-21(14-19)25(33)29(24(20)32)16-18-4-2-1-3-5-18/h1-9,11-12,14H,10,13,15-16H2,(H,27,31)(H,28,30). The molecule has 3 aromatic rings. The van der Waals surface area contributed by atoms with E-state index in [0.717, 1.165) is 11.1 Å². The fourth-order valence-electron chi connectivity index (χ4n) is 3.52. The van der Waals surface area contributed by atoms with Crippen LogP contribution in [0.5, 0.6) is 0 Å². The van der Waals surface area contributed by atoms with E-state index in [0.29, 0.717) is 6.54 Å². The molecular formula is C25H22N4O4. The molecule has 0 fully saturated rings. The van der Waals surface area contributed by atoms with E-state index in [9.17, 15) is 19.2 Å². The lowest BCUT2D eigenvalue weighted by molar-refractivity contribution is -0.121. The van der Waals surface area contributed by atoms with Gasteiger partial charge in [-0.15, -0.1) is 0 Å². The zero-order chi connectivity index (χ0) is 23.2. The first kappa shape index (κ1) is 21.9. The van der Waals surface area contributed by atoms with Crippen molar-refractivity contribution in [3.8, 4) is 0 Å². The molecule has 2 aromatic carbocycles. The van der Waals surface area contributed by atoms with Crippen LogP contribution < -0.4 is 10.6 Å². The average molecular weight is 442 g/mol. The molecule has 8 nitrogen and oxygen atoms in total. The molecule has 166 valence electrons. The lowest BCUT2D eigenvalue weighted by Gasteiger charge is -2.13. The summed E-state index contributed by atoms with van der Waals surface area (Å²) in [4.78, 5) is 55.0. The molecule has 0 saturated heterocycles. The number of imide groups is 1. The van der Waals surface area contributed by atoms with Gasteiger partial charge in [-0.1, -0.05) is 30.3 Å². The minimum atomic E-state index is -0.427. The Hall–Kier alpha value is -4.33. The van der Waals surface area contributed by atoms with Gasteiger partial charge in [0.1, 0.15) is 0 Å². The van der Waals surface area contributed by atoms with Crippen LogP contribution in [0.4, 0.5) is 0 Å². The quantitative estimate of drug-likeness (QED) is 0.521. The number of fused-ring (bicyclic) bond motifs is 1. The largest absolute Gasteiger partial charge is 0.352 e. The molecule has 0 saturated carbocycles. The second-order valence-electron chi connectivity index (χ2n) is 7.58. The van der Waals surface area contributed by atoms with Crippen molar-refractivity contribution >= 4 is 23.6 Å². The number of benzene rings is 2. The van der Waals surface area contributed by atoms with E-state index in [-0.39, 0.29) is 48.0 Å². The number of pyridine rings is 1. The predicted octanol–water partition coefficient (Wildman–Crippen LogP) is 2.31. The zero-order valence-electron chi connectivity index (χ0n) is 17.8. The normalized spacial score (nSPS) is 12.4. The fraction of sp³-hybridized carbons (Fsp3) is 0.160. The van der Waals surface area contributed by atoms with Gasteiger partial charge in [-0.25, -0.2) is 0 Å². The average Bonchev–Trinajstić information content (AvgIpc) is 3.08. The van der Waals surface area contributed by atoms with Gasteiger partial charge in [-0.05, 0) is 41.5 Å². The first-order valence-electron chi connectivity index (χ1n) is 10.5. The molecule has 0 bridgehead atoms. The third kappa shape index (κ3) is 5.12. The number of amides is 4. The maximum atomic E-state index is 12.8. The summed E-state index contributed by atoms with van der Waals surface area (Å²) in [7, 11) is 0.